The summed E-state index contributed by atoms with van der Waals surface area (Å²) >= 11 is 1.87. The summed E-state index contributed by atoms with van der Waals surface area (Å²) in [4.78, 5) is 23.5. The van der Waals surface area contributed by atoms with E-state index in [4.69, 9.17) is 0 Å². The summed E-state index contributed by atoms with van der Waals surface area (Å²) in [5, 5.41) is 2.54. The Labute approximate surface area is 110 Å². The number of thioether (sulfide) groups is 1. The van der Waals surface area contributed by atoms with Gasteiger partial charge in [0.25, 0.3) is 0 Å². The fourth-order valence-corrected chi connectivity index (χ4v) is 2.89. The lowest BCUT2D eigenvalue weighted by molar-refractivity contribution is -0.152. The number of carbonyl (C=O) groups is 2. The molecule has 0 spiro atoms. The highest BCUT2D eigenvalue weighted by molar-refractivity contribution is 7.99. The topological polar surface area (TPSA) is 55.4 Å². The molecule has 18 heavy (non-hydrogen) atoms. The van der Waals surface area contributed by atoms with Gasteiger partial charge in [-0.3, -0.25) is 4.79 Å². The van der Waals surface area contributed by atoms with E-state index in [0.717, 1.165) is 12.0 Å². The highest BCUT2D eigenvalue weighted by Crippen LogP contribution is 2.30. The van der Waals surface area contributed by atoms with Crippen LogP contribution in [0.1, 0.15) is 17.5 Å². The zero-order valence-electron chi connectivity index (χ0n) is 10.2. The van der Waals surface area contributed by atoms with Crippen molar-refractivity contribution in [2.45, 2.75) is 24.3 Å². The van der Waals surface area contributed by atoms with Gasteiger partial charge < -0.3 is 10.1 Å². The summed E-state index contributed by atoms with van der Waals surface area (Å²) in [6.45, 7) is 0.353. The zero-order chi connectivity index (χ0) is 13.0. The average molecular weight is 265 g/mol. The molecular formula is C13H15NO3S. The number of aryl methyl sites for hydroxylation is 1. The number of rotatable bonds is 2. The minimum atomic E-state index is -0.858. The maximum Gasteiger partial charge on any atom is 0.396 e. The minimum Gasteiger partial charge on any atom is -0.462 e. The number of methoxy groups -OCH3 is 1. The summed E-state index contributed by atoms with van der Waals surface area (Å²) in [6.07, 6.45) is 2.27. The van der Waals surface area contributed by atoms with Gasteiger partial charge in [-0.1, -0.05) is 12.1 Å². The normalized spacial score (nSPS) is 13.6. The molecule has 0 atom stereocenters. The molecule has 1 aromatic rings. The van der Waals surface area contributed by atoms with Crippen molar-refractivity contribution in [3.63, 3.8) is 0 Å². The summed E-state index contributed by atoms with van der Waals surface area (Å²) in [6, 6.07) is 6.16. The molecule has 5 heteroatoms. The quantitative estimate of drug-likeness (QED) is 0.650. The van der Waals surface area contributed by atoms with Gasteiger partial charge in [0.1, 0.15) is 0 Å². The second-order valence-electron chi connectivity index (χ2n) is 4.07. The maximum absolute atomic E-state index is 11.2. The molecule has 4 nitrogen and oxygen atoms in total. The number of nitrogens with one attached hydrogen (secondary N) is 1. The number of hydrogen-bond acceptors (Lipinski definition) is 4. The number of amides is 1. The van der Waals surface area contributed by atoms with Crippen LogP contribution in [0.5, 0.6) is 0 Å². The Kier molecular flexibility index (Phi) is 4.25. The van der Waals surface area contributed by atoms with E-state index in [1.807, 2.05) is 17.8 Å². The van der Waals surface area contributed by atoms with Crippen molar-refractivity contribution in [3.05, 3.63) is 29.3 Å². The number of hydrogen-bond donors (Lipinski definition) is 1. The molecule has 1 aliphatic heterocycles. The Morgan fingerprint density at radius 3 is 3.06 bits per heavy atom. The van der Waals surface area contributed by atoms with Gasteiger partial charge in [0, 0.05) is 11.4 Å². The molecule has 0 aliphatic carbocycles. The number of esters is 1. The Hall–Kier alpha value is -1.49. The van der Waals surface area contributed by atoms with Crippen molar-refractivity contribution in [2.75, 3.05) is 12.9 Å². The van der Waals surface area contributed by atoms with Crippen LogP contribution in [-0.4, -0.2) is 24.7 Å². The molecule has 0 saturated carbocycles. The molecule has 1 amide bonds. The highest BCUT2D eigenvalue weighted by atomic mass is 32.2. The summed E-state index contributed by atoms with van der Waals surface area (Å²) in [7, 11) is 1.19. The van der Waals surface area contributed by atoms with Gasteiger partial charge in [-0.25, -0.2) is 4.79 Å². The van der Waals surface area contributed by atoms with Crippen molar-refractivity contribution < 1.29 is 14.3 Å². The zero-order valence-corrected chi connectivity index (χ0v) is 11.0. The van der Waals surface area contributed by atoms with Crippen LogP contribution in [-0.2, 0) is 27.3 Å². The molecular weight excluding hydrogens is 250 g/mol. The predicted molar refractivity (Wildman–Crippen MR) is 69.3 cm³/mol. The molecule has 96 valence electrons. The molecule has 0 fully saturated rings. The van der Waals surface area contributed by atoms with Gasteiger partial charge in [-0.2, -0.15) is 0 Å². The molecule has 1 aliphatic rings. The van der Waals surface area contributed by atoms with Crippen LogP contribution in [0.3, 0.4) is 0 Å². The molecule has 0 bridgehead atoms. The number of ether oxygens (including phenoxy) is 1. The Morgan fingerprint density at radius 1 is 1.44 bits per heavy atom. The molecule has 2 rings (SSSR count). The maximum atomic E-state index is 11.2. The van der Waals surface area contributed by atoms with Gasteiger partial charge in [0.2, 0.25) is 0 Å². The van der Waals surface area contributed by atoms with Crippen molar-refractivity contribution in [1.82, 2.24) is 5.32 Å². The molecule has 0 aromatic heterocycles. The van der Waals surface area contributed by atoms with Crippen molar-refractivity contribution in [3.8, 4) is 0 Å². The van der Waals surface area contributed by atoms with E-state index < -0.39 is 11.9 Å². The van der Waals surface area contributed by atoms with Crippen molar-refractivity contribution >= 4 is 23.6 Å². The van der Waals surface area contributed by atoms with Gasteiger partial charge in [-0.15, -0.1) is 11.8 Å². The van der Waals surface area contributed by atoms with Gasteiger partial charge in [-0.05, 0) is 35.8 Å². The third-order valence-corrected chi connectivity index (χ3v) is 4.00. The van der Waals surface area contributed by atoms with Crippen LogP contribution in [0, 0.1) is 0 Å². The first-order valence-electron chi connectivity index (χ1n) is 5.81. The minimum absolute atomic E-state index is 0.353. The fourth-order valence-electron chi connectivity index (χ4n) is 1.87. The molecule has 1 heterocycles. The smallest absolute Gasteiger partial charge is 0.396 e. The van der Waals surface area contributed by atoms with Gasteiger partial charge in [0.15, 0.2) is 0 Å². The van der Waals surface area contributed by atoms with Crippen LogP contribution in [0.25, 0.3) is 0 Å². The van der Waals surface area contributed by atoms with Crippen LogP contribution in [0.4, 0.5) is 0 Å². The van der Waals surface area contributed by atoms with E-state index in [9.17, 15) is 9.59 Å². The Bertz CT molecular complexity index is 473. The average Bonchev–Trinajstić information content (AvgIpc) is 2.43. The first-order chi connectivity index (χ1) is 8.70. The molecule has 0 unspecified atom stereocenters. The summed E-state index contributed by atoms with van der Waals surface area (Å²) in [5.41, 5.74) is 2.34. The van der Waals surface area contributed by atoms with Crippen LogP contribution < -0.4 is 5.32 Å². The van der Waals surface area contributed by atoms with Crippen molar-refractivity contribution in [2.24, 2.45) is 0 Å². The lowest BCUT2D eigenvalue weighted by Gasteiger charge is -2.16. The Balaban J connectivity index is 1.98. The second-order valence-corrected chi connectivity index (χ2v) is 5.21. The predicted octanol–water partition coefficient (Wildman–Crippen LogP) is 1.51. The van der Waals surface area contributed by atoms with Gasteiger partial charge in [0.05, 0.1) is 7.11 Å². The first kappa shape index (κ1) is 13.0. The first-order valence-corrected chi connectivity index (χ1v) is 6.80. The highest BCUT2D eigenvalue weighted by Gasteiger charge is 2.14. The van der Waals surface area contributed by atoms with E-state index in [1.54, 1.807) is 0 Å². The van der Waals surface area contributed by atoms with Crippen molar-refractivity contribution in [1.29, 1.82) is 0 Å². The largest absolute Gasteiger partial charge is 0.462 e. The van der Waals surface area contributed by atoms with E-state index >= 15 is 0 Å². The number of carbonyl (C=O) groups excluding carboxylic acids is 2. The lowest BCUT2D eigenvalue weighted by atomic mass is 10.1. The van der Waals surface area contributed by atoms with E-state index in [1.165, 1.54) is 29.7 Å². The third kappa shape index (κ3) is 3.04. The summed E-state index contributed by atoms with van der Waals surface area (Å²) in [5.74, 6) is -0.390. The van der Waals surface area contributed by atoms with Crippen LogP contribution in [0.2, 0.25) is 0 Å². The lowest BCUT2D eigenvalue weighted by Crippen LogP contribution is -2.31. The van der Waals surface area contributed by atoms with Crippen LogP contribution >= 0.6 is 11.8 Å². The number of fused-ring (bicyclic) bond motifs is 1. The monoisotopic (exact) mass is 265 g/mol. The molecule has 0 saturated heterocycles. The standard InChI is InChI=1S/C13H15NO3S/c1-17-13(16)12(15)14-8-9-4-5-11-10(7-9)3-2-6-18-11/h4-5,7H,2-3,6,8H2,1H3,(H,14,15). The van der Waals surface area contributed by atoms with Gasteiger partial charge >= 0.3 is 11.9 Å². The second kappa shape index (κ2) is 5.91. The number of benzene rings is 1. The third-order valence-electron chi connectivity index (χ3n) is 2.80. The Morgan fingerprint density at radius 2 is 2.28 bits per heavy atom. The van der Waals surface area contributed by atoms with E-state index in [0.29, 0.717) is 6.54 Å². The van der Waals surface area contributed by atoms with E-state index in [2.05, 4.69) is 22.2 Å². The molecule has 1 aromatic carbocycles. The molecule has 0 radical (unpaired) electrons. The molecule has 1 N–H and O–H groups in total. The van der Waals surface area contributed by atoms with Crippen LogP contribution in [0.15, 0.2) is 23.1 Å². The summed E-state index contributed by atoms with van der Waals surface area (Å²) < 4.78 is 4.34. The van der Waals surface area contributed by atoms with E-state index in [-0.39, 0.29) is 0 Å². The fraction of sp³-hybridized carbons (Fsp3) is 0.385. The SMILES string of the molecule is COC(=O)C(=O)NCc1ccc2c(c1)CCCS2.